The highest BCUT2D eigenvalue weighted by Gasteiger charge is 2.23. The van der Waals surface area contributed by atoms with Gasteiger partial charge in [-0.3, -0.25) is 0 Å². The zero-order valence-corrected chi connectivity index (χ0v) is 10.7. The van der Waals surface area contributed by atoms with E-state index in [1.807, 2.05) is 24.3 Å². The summed E-state index contributed by atoms with van der Waals surface area (Å²) >= 11 is 5.45. The molecule has 2 aromatic rings. The zero-order valence-electron chi connectivity index (χ0n) is 9.84. The van der Waals surface area contributed by atoms with Crippen LogP contribution >= 0.6 is 12.2 Å². The Morgan fingerprint density at radius 1 is 1.06 bits per heavy atom. The van der Waals surface area contributed by atoms with Crippen molar-refractivity contribution in [1.82, 2.24) is 0 Å². The third-order valence-electron chi connectivity index (χ3n) is 3.20. The number of hydrogen-bond donors (Lipinski definition) is 1. The van der Waals surface area contributed by atoms with E-state index in [-0.39, 0.29) is 0 Å². The summed E-state index contributed by atoms with van der Waals surface area (Å²) < 4.78 is 0. The predicted molar refractivity (Wildman–Crippen MR) is 77.0 cm³/mol. The molecule has 2 aromatic carbocycles. The monoisotopic (exact) mass is 255 g/mol. The SMILES string of the molecule is Oc1ccc(CN2C(=S)Cc3ccccc32)cc1. The molecule has 0 saturated heterocycles. The highest BCUT2D eigenvalue weighted by molar-refractivity contribution is 7.80. The van der Waals surface area contributed by atoms with E-state index < -0.39 is 0 Å². The van der Waals surface area contributed by atoms with Gasteiger partial charge >= 0.3 is 0 Å². The number of thiocarbonyl (C=S) groups is 1. The first kappa shape index (κ1) is 11.2. The molecular weight excluding hydrogens is 242 g/mol. The lowest BCUT2D eigenvalue weighted by Gasteiger charge is -2.19. The first-order chi connectivity index (χ1) is 8.74. The van der Waals surface area contributed by atoms with Crippen LogP contribution in [0.4, 0.5) is 5.69 Å². The van der Waals surface area contributed by atoms with Gasteiger partial charge in [-0.15, -0.1) is 0 Å². The molecule has 0 aromatic heterocycles. The molecule has 0 saturated carbocycles. The Bertz CT molecular complexity index is 592. The Morgan fingerprint density at radius 2 is 1.78 bits per heavy atom. The molecule has 0 radical (unpaired) electrons. The molecule has 0 unspecified atom stereocenters. The summed E-state index contributed by atoms with van der Waals surface area (Å²) in [5.41, 5.74) is 3.64. The molecule has 3 rings (SSSR count). The fourth-order valence-corrected chi connectivity index (χ4v) is 2.59. The molecule has 2 nitrogen and oxygen atoms in total. The molecule has 0 atom stereocenters. The summed E-state index contributed by atoms with van der Waals surface area (Å²) in [6.07, 6.45) is 0.851. The summed E-state index contributed by atoms with van der Waals surface area (Å²) in [5, 5.41) is 9.29. The van der Waals surface area contributed by atoms with Crippen molar-refractivity contribution in [3.05, 3.63) is 59.7 Å². The minimum atomic E-state index is 0.295. The van der Waals surface area contributed by atoms with Crippen molar-refractivity contribution in [2.75, 3.05) is 4.90 Å². The molecule has 0 fully saturated rings. The molecule has 1 N–H and O–H groups in total. The van der Waals surface area contributed by atoms with Gasteiger partial charge in [0.25, 0.3) is 0 Å². The van der Waals surface area contributed by atoms with Crippen molar-refractivity contribution in [3.8, 4) is 5.75 Å². The highest BCUT2D eigenvalue weighted by atomic mass is 32.1. The first-order valence-electron chi connectivity index (χ1n) is 5.90. The second kappa shape index (κ2) is 4.42. The van der Waals surface area contributed by atoms with Gasteiger partial charge in [-0.05, 0) is 29.3 Å². The van der Waals surface area contributed by atoms with Crippen molar-refractivity contribution in [2.24, 2.45) is 0 Å². The van der Waals surface area contributed by atoms with Gasteiger partial charge in [-0.2, -0.15) is 0 Å². The largest absolute Gasteiger partial charge is 0.508 e. The molecule has 1 aliphatic rings. The molecule has 1 heterocycles. The minimum absolute atomic E-state index is 0.295. The molecular formula is C15H13NOS. The molecule has 18 heavy (non-hydrogen) atoms. The lowest BCUT2D eigenvalue weighted by molar-refractivity contribution is 0.475. The summed E-state index contributed by atoms with van der Waals surface area (Å²) in [6.45, 7) is 0.760. The standard InChI is InChI=1S/C15H13NOS/c17-13-7-5-11(6-8-13)10-16-14-4-2-1-3-12(14)9-15(16)18/h1-8,17H,9-10H2. The van der Waals surface area contributed by atoms with Crippen LogP contribution in [-0.4, -0.2) is 10.1 Å². The van der Waals surface area contributed by atoms with Crippen LogP contribution in [0, 0.1) is 0 Å². The third kappa shape index (κ3) is 1.97. The number of benzene rings is 2. The maximum atomic E-state index is 9.29. The number of aromatic hydroxyl groups is 1. The first-order valence-corrected chi connectivity index (χ1v) is 6.31. The number of nitrogens with zero attached hydrogens (tertiary/aromatic N) is 1. The quantitative estimate of drug-likeness (QED) is 0.833. The van der Waals surface area contributed by atoms with Crippen molar-refractivity contribution in [2.45, 2.75) is 13.0 Å². The van der Waals surface area contributed by atoms with Crippen molar-refractivity contribution >= 4 is 22.9 Å². The number of phenols is 1. The Morgan fingerprint density at radius 3 is 2.56 bits per heavy atom. The van der Waals surface area contributed by atoms with Gasteiger partial charge in [0.2, 0.25) is 0 Å². The van der Waals surface area contributed by atoms with E-state index in [9.17, 15) is 5.11 Å². The summed E-state index contributed by atoms with van der Waals surface area (Å²) in [5.74, 6) is 0.295. The molecule has 0 amide bonds. The van der Waals surface area contributed by atoms with Crippen LogP contribution in [0.25, 0.3) is 0 Å². The third-order valence-corrected chi connectivity index (χ3v) is 3.57. The Balaban J connectivity index is 1.89. The lowest BCUT2D eigenvalue weighted by Crippen LogP contribution is -2.24. The van der Waals surface area contributed by atoms with Gasteiger partial charge in [-0.25, -0.2) is 0 Å². The van der Waals surface area contributed by atoms with E-state index in [0.717, 1.165) is 23.5 Å². The van der Waals surface area contributed by atoms with Crippen LogP contribution in [0.2, 0.25) is 0 Å². The molecule has 0 spiro atoms. The fraction of sp³-hybridized carbons (Fsp3) is 0.133. The zero-order chi connectivity index (χ0) is 12.5. The van der Waals surface area contributed by atoms with E-state index in [2.05, 4.69) is 17.0 Å². The van der Waals surface area contributed by atoms with E-state index in [1.54, 1.807) is 12.1 Å². The second-order valence-electron chi connectivity index (χ2n) is 4.45. The van der Waals surface area contributed by atoms with Crippen molar-refractivity contribution in [1.29, 1.82) is 0 Å². The number of anilines is 1. The number of para-hydroxylation sites is 1. The minimum Gasteiger partial charge on any atom is -0.508 e. The van der Waals surface area contributed by atoms with Gasteiger partial charge in [0.15, 0.2) is 0 Å². The molecule has 3 heteroatoms. The van der Waals surface area contributed by atoms with Crippen LogP contribution in [0.5, 0.6) is 5.75 Å². The van der Waals surface area contributed by atoms with Crippen LogP contribution in [0.3, 0.4) is 0 Å². The molecule has 90 valence electrons. The van der Waals surface area contributed by atoms with Gasteiger partial charge in [0.05, 0.1) is 4.99 Å². The number of fused-ring (bicyclic) bond motifs is 1. The lowest BCUT2D eigenvalue weighted by atomic mass is 10.1. The second-order valence-corrected chi connectivity index (χ2v) is 4.92. The van der Waals surface area contributed by atoms with Crippen LogP contribution in [0.1, 0.15) is 11.1 Å². The van der Waals surface area contributed by atoms with Crippen LogP contribution in [0.15, 0.2) is 48.5 Å². The maximum Gasteiger partial charge on any atom is 0.115 e. The topological polar surface area (TPSA) is 23.5 Å². The Labute approximate surface area is 111 Å². The summed E-state index contributed by atoms with van der Waals surface area (Å²) in [6, 6.07) is 15.6. The summed E-state index contributed by atoms with van der Waals surface area (Å²) in [4.78, 5) is 3.13. The smallest absolute Gasteiger partial charge is 0.115 e. The molecule has 0 bridgehead atoms. The van der Waals surface area contributed by atoms with Crippen molar-refractivity contribution < 1.29 is 5.11 Å². The maximum absolute atomic E-state index is 9.29. The van der Waals surface area contributed by atoms with E-state index in [4.69, 9.17) is 12.2 Å². The average Bonchev–Trinajstić information content (AvgIpc) is 2.69. The van der Waals surface area contributed by atoms with Gasteiger partial charge in [0.1, 0.15) is 5.75 Å². The van der Waals surface area contributed by atoms with Gasteiger partial charge < -0.3 is 10.0 Å². The number of rotatable bonds is 2. The van der Waals surface area contributed by atoms with E-state index in [0.29, 0.717) is 5.75 Å². The van der Waals surface area contributed by atoms with E-state index in [1.165, 1.54) is 11.3 Å². The number of hydrogen-bond acceptors (Lipinski definition) is 2. The molecule has 1 aliphatic heterocycles. The predicted octanol–water partition coefficient (Wildman–Crippen LogP) is 3.28. The Hall–Kier alpha value is -1.87. The normalized spacial score (nSPS) is 13.8. The summed E-state index contributed by atoms with van der Waals surface area (Å²) in [7, 11) is 0. The van der Waals surface area contributed by atoms with Crippen LogP contribution < -0.4 is 4.90 Å². The van der Waals surface area contributed by atoms with Crippen molar-refractivity contribution in [3.63, 3.8) is 0 Å². The highest BCUT2D eigenvalue weighted by Crippen LogP contribution is 2.30. The number of phenolic OH excluding ortho intramolecular Hbond substituents is 1. The Kier molecular flexibility index (Phi) is 2.76. The van der Waals surface area contributed by atoms with Gasteiger partial charge in [0, 0.05) is 18.7 Å². The van der Waals surface area contributed by atoms with Crippen LogP contribution in [-0.2, 0) is 13.0 Å². The van der Waals surface area contributed by atoms with Gasteiger partial charge in [-0.1, -0.05) is 42.5 Å². The van der Waals surface area contributed by atoms with E-state index >= 15 is 0 Å². The molecule has 0 aliphatic carbocycles. The average molecular weight is 255 g/mol. The fourth-order valence-electron chi connectivity index (χ4n) is 2.27.